The fourth-order valence-electron chi connectivity index (χ4n) is 1.24. The van der Waals surface area contributed by atoms with Crippen LogP contribution in [-0.2, 0) is 0 Å². The van der Waals surface area contributed by atoms with Gasteiger partial charge in [-0.3, -0.25) is 4.79 Å². The molecule has 0 saturated heterocycles. The zero-order chi connectivity index (χ0) is 10.7. The van der Waals surface area contributed by atoms with E-state index in [2.05, 4.69) is 4.98 Å². The molecule has 0 unspecified atom stereocenters. The summed E-state index contributed by atoms with van der Waals surface area (Å²) in [6.45, 7) is 0. The summed E-state index contributed by atoms with van der Waals surface area (Å²) in [5.74, 6) is 0. The first kappa shape index (κ1) is 9.86. The quantitative estimate of drug-likeness (QED) is 0.745. The Labute approximate surface area is 91.4 Å². The molecule has 0 aliphatic carbocycles. The number of aromatic nitrogens is 1. The summed E-state index contributed by atoms with van der Waals surface area (Å²) in [4.78, 5) is 14.9. The first-order valence-corrected chi connectivity index (χ1v) is 5.22. The number of hydrogen-bond acceptors (Lipinski definition) is 4. The number of rotatable bonds is 3. The Kier molecular flexibility index (Phi) is 2.78. The summed E-state index contributed by atoms with van der Waals surface area (Å²) in [7, 11) is 1.54. The van der Waals surface area contributed by atoms with Crippen LogP contribution in [0.1, 0.15) is 10.5 Å². The normalized spacial score (nSPS) is 9.93. The Morgan fingerprint density at radius 2 is 2.07 bits per heavy atom. The molecule has 1 aromatic carbocycles. The average Bonchev–Trinajstić information content (AvgIpc) is 2.73. The van der Waals surface area contributed by atoms with Gasteiger partial charge in [0.2, 0.25) is 5.06 Å². The maximum Gasteiger partial charge on any atom is 0.205 e. The van der Waals surface area contributed by atoms with Gasteiger partial charge in [-0.2, -0.15) is 0 Å². The lowest BCUT2D eigenvalue weighted by molar-refractivity contribution is 0.111. The first-order valence-electron chi connectivity index (χ1n) is 4.40. The molecule has 2 rings (SSSR count). The minimum atomic E-state index is 0.362. The molecule has 0 spiro atoms. The van der Waals surface area contributed by atoms with Gasteiger partial charge in [0, 0.05) is 5.56 Å². The van der Waals surface area contributed by atoms with E-state index in [0.717, 1.165) is 10.6 Å². The number of nitrogens with zero attached hydrogens (tertiary/aromatic N) is 1. The molecule has 2 aromatic rings. The predicted molar refractivity (Wildman–Crippen MR) is 59.5 cm³/mol. The van der Waals surface area contributed by atoms with E-state index in [1.165, 1.54) is 18.4 Å². The highest BCUT2D eigenvalue weighted by molar-refractivity contribution is 7.17. The molecule has 0 atom stereocenters. The van der Waals surface area contributed by atoms with Crippen molar-refractivity contribution in [2.45, 2.75) is 0 Å². The maximum absolute atomic E-state index is 10.7. The molecule has 1 heterocycles. The van der Waals surface area contributed by atoms with Gasteiger partial charge in [0.15, 0.2) is 12.0 Å². The molecule has 0 N–H and O–H groups in total. The van der Waals surface area contributed by atoms with Crippen molar-refractivity contribution >= 4 is 17.6 Å². The number of thiazole rings is 1. The van der Waals surface area contributed by atoms with Gasteiger partial charge < -0.3 is 4.74 Å². The van der Waals surface area contributed by atoms with Crippen molar-refractivity contribution in [3.8, 4) is 15.6 Å². The topological polar surface area (TPSA) is 39.2 Å². The molecule has 4 heteroatoms. The molecule has 15 heavy (non-hydrogen) atoms. The number of benzene rings is 1. The van der Waals surface area contributed by atoms with E-state index in [9.17, 15) is 4.79 Å². The van der Waals surface area contributed by atoms with Crippen molar-refractivity contribution in [1.82, 2.24) is 4.98 Å². The minimum Gasteiger partial charge on any atom is -0.486 e. The Bertz CT molecular complexity index is 465. The first-order chi connectivity index (χ1) is 7.35. The van der Waals surface area contributed by atoms with Crippen LogP contribution in [0.2, 0.25) is 0 Å². The van der Waals surface area contributed by atoms with Crippen LogP contribution in [0.3, 0.4) is 0 Å². The Hall–Kier alpha value is -1.68. The van der Waals surface area contributed by atoms with Gasteiger partial charge in [-0.05, 0) is 0 Å². The van der Waals surface area contributed by atoms with Crippen LogP contribution in [-0.4, -0.2) is 18.4 Å². The summed E-state index contributed by atoms with van der Waals surface area (Å²) in [5.41, 5.74) is 1.36. The molecule has 3 nitrogen and oxygen atoms in total. The van der Waals surface area contributed by atoms with Gasteiger partial charge in [-0.15, -0.1) is 0 Å². The van der Waals surface area contributed by atoms with Crippen molar-refractivity contribution in [2.24, 2.45) is 0 Å². The second-order valence-corrected chi connectivity index (χ2v) is 3.84. The molecule has 0 radical (unpaired) electrons. The Morgan fingerprint density at radius 1 is 1.33 bits per heavy atom. The van der Waals surface area contributed by atoms with Crippen molar-refractivity contribution in [3.05, 3.63) is 36.0 Å². The monoisotopic (exact) mass is 219 g/mol. The summed E-state index contributed by atoms with van der Waals surface area (Å²) >= 11 is 1.37. The van der Waals surface area contributed by atoms with Crippen LogP contribution in [0, 0.1) is 0 Å². The third-order valence-electron chi connectivity index (χ3n) is 1.94. The number of carbonyl (C=O) groups is 1. The smallest absolute Gasteiger partial charge is 0.205 e. The van der Waals surface area contributed by atoms with Crippen molar-refractivity contribution in [3.63, 3.8) is 0 Å². The second-order valence-electron chi connectivity index (χ2n) is 2.88. The maximum atomic E-state index is 10.7. The Balaban J connectivity index is 2.46. The highest BCUT2D eigenvalue weighted by atomic mass is 32.1. The van der Waals surface area contributed by atoms with Gasteiger partial charge >= 0.3 is 0 Å². The van der Waals surface area contributed by atoms with Crippen molar-refractivity contribution < 1.29 is 9.53 Å². The second kappa shape index (κ2) is 4.23. The summed E-state index contributed by atoms with van der Waals surface area (Å²) in [6.07, 6.45) is 0.710. The lowest BCUT2D eigenvalue weighted by Gasteiger charge is -1.92. The van der Waals surface area contributed by atoms with Crippen LogP contribution in [0.25, 0.3) is 10.6 Å². The van der Waals surface area contributed by atoms with Gasteiger partial charge in [0.1, 0.15) is 5.01 Å². The lowest BCUT2D eigenvalue weighted by atomic mass is 10.2. The molecule has 0 saturated carbocycles. The molecule has 0 fully saturated rings. The molecule has 0 bridgehead atoms. The van der Waals surface area contributed by atoms with Gasteiger partial charge in [0.05, 0.1) is 7.11 Å². The number of methoxy groups -OCH3 is 1. The zero-order valence-electron chi connectivity index (χ0n) is 8.14. The van der Waals surface area contributed by atoms with E-state index in [0.29, 0.717) is 17.0 Å². The number of carbonyl (C=O) groups excluding carboxylic acids is 1. The summed E-state index contributed by atoms with van der Waals surface area (Å²) in [5, 5.41) is 1.36. The third kappa shape index (κ3) is 1.89. The van der Waals surface area contributed by atoms with Crippen molar-refractivity contribution in [1.29, 1.82) is 0 Å². The van der Waals surface area contributed by atoms with Gasteiger partial charge in [0.25, 0.3) is 0 Å². The predicted octanol–water partition coefficient (Wildman–Crippen LogP) is 2.63. The van der Waals surface area contributed by atoms with E-state index in [1.807, 2.05) is 30.3 Å². The van der Waals surface area contributed by atoms with E-state index in [-0.39, 0.29) is 0 Å². The third-order valence-corrected chi connectivity index (χ3v) is 3.02. The average molecular weight is 219 g/mol. The van der Waals surface area contributed by atoms with E-state index in [1.54, 1.807) is 0 Å². The van der Waals surface area contributed by atoms with Crippen LogP contribution in [0.4, 0.5) is 0 Å². The highest BCUT2D eigenvalue weighted by Crippen LogP contribution is 2.32. The summed E-state index contributed by atoms with van der Waals surface area (Å²) in [6, 6.07) is 9.71. The molecule has 76 valence electrons. The van der Waals surface area contributed by atoms with Crippen LogP contribution in [0.5, 0.6) is 5.06 Å². The SMILES string of the molecule is COc1sc(-c2ccccc2)nc1C=O. The molecule has 0 aliphatic heterocycles. The lowest BCUT2D eigenvalue weighted by Crippen LogP contribution is -1.85. The number of ether oxygens (including phenoxy) is 1. The molecule has 0 aliphatic rings. The molecule has 0 amide bonds. The van der Waals surface area contributed by atoms with Crippen molar-refractivity contribution in [2.75, 3.05) is 7.11 Å². The van der Waals surface area contributed by atoms with Gasteiger partial charge in [-0.25, -0.2) is 4.98 Å². The van der Waals surface area contributed by atoms with Gasteiger partial charge in [-0.1, -0.05) is 41.7 Å². The molecular formula is C11H9NO2S. The fourth-order valence-corrected chi connectivity index (χ4v) is 2.10. The largest absolute Gasteiger partial charge is 0.486 e. The van der Waals surface area contributed by atoms with E-state index < -0.39 is 0 Å². The van der Waals surface area contributed by atoms with Crippen LogP contribution in [0.15, 0.2) is 30.3 Å². The molecule has 1 aromatic heterocycles. The number of hydrogen-bond donors (Lipinski definition) is 0. The van der Waals surface area contributed by atoms with E-state index in [4.69, 9.17) is 4.74 Å². The van der Waals surface area contributed by atoms with Crippen LogP contribution < -0.4 is 4.74 Å². The molecular weight excluding hydrogens is 210 g/mol. The van der Waals surface area contributed by atoms with Crippen LogP contribution >= 0.6 is 11.3 Å². The Morgan fingerprint density at radius 3 is 2.60 bits per heavy atom. The highest BCUT2D eigenvalue weighted by Gasteiger charge is 2.11. The van der Waals surface area contributed by atoms with E-state index >= 15 is 0 Å². The minimum absolute atomic E-state index is 0.362. The fraction of sp³-hybridized carbons (Fsp3) is 0.0909. The number of aldehydes is 1. The summed E-state index contributed by atoms with van der Waals surface area (Å²) < 4.78 is 5.06. The zero-order valence-corrected chi connectivity index (χ0v) is 8.95. The standard InChI is InChI=1S/C11H9NO2S/c1-14-11-9(7-13)12-10(15-11)8-5-3-2-4-6-8/h2-7H,1H3.